The third-order valence-corrected chi connectivity index (χ3v) is 4.64. The Morgan fingerprint density at radius 2 is 1.88 bits per heavy atom. The Labute approximate surface area is 141 Å². The molecule has 0 spiro atoms. The lowest BCUT2D eigenvalue weighted by atomic mass is 10.0. The van der Waals surface area contributed by atoms with E-state index in [9.17, 15) is 13.6 Å². The minimum Gasteiger partial charge on any atom is -0.477 e. The second-order valence-electron chi connectivity index (χ2n) is 5.85. The van der Waals surface area contributed by atoms with Gasteiger partial charge >= 0.3 is 0 Å². The Morgan fingerprint density at radius 3 is 2.50 bits per heavy atom. The summed E-state index contributed by atoms with van der Waals surface area (Å²) < 4.78 is 35.0. The van der Waals surface area contributed by atoms with Crippen molar-refractivity contribution >= 4 is 17.5 Å². The van der Waals surface area contributed by atoms with Crippen LogP contribution in [0.15, 0.2) is 12.1 Å². The SMILES string of the molecule is O=C(c1nn2c(c1-c1cc(F)c(Cl)c(F)c1)OCCC2)N1CCC1. The molecule has 24 heavy (non-hydrogen) atoms. The van der Waals surface area contributed by atoms with E-state index in [1.54, 1.807) is 9.58 Å². The van der Waals surface area contributed by atoms with Gasteiger partial charge < -0.3 is 9.64 Å². The molecule has 0 bridgehead atoms. The van der Waals surface area contributed by atoms with E-state index >= 15 is 0 Å². The van der Waals surface area contributed by atoms with Crippen LogP contribution in [0.3, 0.4) is 0 Å². The average molecular weight is 354 g/mol. The lowest BCUT2D eigenvalue weighted by Gasteiger charge is -2.30. The molecule has 1 aromatic carbocycles. The Morgan fingerprint density at radius 1 is 1.17 bits per heavy atom. The van der Waals surface area contributed by atoms with Crippen LogP contribution in [0.25, 0.3) is 11.1 Å². The fourth-order valence-corrected chi connectivity index (χ4v) is 3.02. The number of halogens is 3. The van der Waals surface area contributed by atoms with Crippen LogP contribution in [0.4, 0.5) is 8.78 Å². The Kier molecular flexibility index (Phi) is 3.68. The van der Waals surface area contributed by atoms with Gasteiger partial charge in [0.1, 0.15) is 16.7 Å². The number of ether oxygens (including phenoxy) is 1. The molecule has 0 N–H and O–H groups in total. The van der Waals surface area contributed by atoms with Crippen LogP contribution in [-0.4, -0.2) is 40.3 Å². The molecule has 2 aliphatic heterocycles. The zero-order valence-electron chi connectivity index (χ0n) is 12.7. The van der Waals surface area contributed by atoms with Gasteiger partial charge in [-0.05, 0) is 24.1 Å². The maximum absolute atomic E-state index is 13.9. The lowest BCUT2D eigenvalue weighted by Crippen LogP contribution is -2.42. The normalized spacial score (nSPS) is 16.4. The van der Waals surface area contributed by atoms with E-state index in [1.807, 2.05) is 0 Å². The van der Waals surface area contributed by atoms with Crippen LogP contribution in [0.2, 0.25) is 5.02 Å². The summed E-state index contributed by atoms with van der Waals surface area (Å²) in [5, 5.41) is 3.76. The Balaban J connectivity index is 1.89. The number of aryl methyl sites for hydroxylation is 1. The molecule has 0 saturated carbocycles. The number of hydrogen-bond acceptors (Lipinski definition) is 3. The fourth-order valence-electron chi connectivity index (χ4n) is 2.91. The van der Waals surface area contributed by atoms with Crippen LogP contribution >= 0.6 is 11.6 Å². The fraction of sp³-hybridized carbons (Fsp3) is 0.375. The van der Waals surface area contributed by atoms with Gasteiger partial charge in [0, 0.05) is 26.1 Å². The van der Waals surface area contributed by atoms with Crippen LogP contribution in [-0.2, 0) is 6.54 Å². The van der Waals surface area contributed by atoms with Crippen LogP contribution < -0.4 is 4.74 Å². The zero-order valence-corrected chi connectivity index (χ0v) is 13.4. The first-order valence-electron chi connectivity index (χ1n) is 7.74. The molecule has 126 valence electrons. The molecule has 0 aliphatic carbocycles. The van der Waals surface area contributed by atoms with Crippen LogP contribution in [0.1, 0.15) is 23.3 Å². The molecule has 5 nitrogen and oxygen atoms in total. The summed E-state index contributed by atoms with van der Waals surface area (Å²) in [7, 11) is 0. The molecule has 2 aliphatic rings. The molecule has 4 rings (SSSR count). The average Bonchev–Trinajstić information content (AvgIpc) is 2.90. The minimum atomic E-state index is -0.884. The maximum Gasteiger partial charge on any atom is 0.275 e. The number of nitrogens with zero attached hydrogens (tertiary/aromatic N) is 3. The van der Waals surface area contributed by atoms with Gasteiger partial charge in [-0.2, -0.15) is 5.10 Å². The van der Waals surface area contributed by atoms with Gasteiger partial charge in [-0.15, -0.1) is 0 Å². The molecule has 0 unspecified atom stereocenters. The van der Waals surface area contributed by atoms with Crippen molar-refractivity contribution in [3.63, 3.8) is 0 Å². The number of carbonyl (C=O) groups excluding carboxylic acids is 1. The number of carbonyl (C=O) groups is 1. The van der Waals surface area contributed by atoms with Crippen molar-refractivity contribution in [1.82, 2.24) is 14.7 Å². The van der Waals surface area contributed by atoms with Gasteiger partial charge in [-0.25, -0.2) is 13.5 Å². The van der Waals surface area contributed by atoms with E-state index in [0.717, 1.165) is 25.0 Å². The monoisotopic (exact) mass is 353 g/mol. The summed E-state index contributed by atoms with van der Waals surface area (Å²) in [5.74, 6) is -1.65. The molecule has 1 fully saturated rings. The van der Waals surface area contributed by atoms with Gasteiger partial charge in [0.25, 0.3) is 5.91 Å². The predicted octanol–water partition coefficient (Wildman–Crippen LogP) is 3.11. The van der Waals surface area contributed by atoms with Crippen LogP contribution in [0.5, 0.6) is 5.88 Å². The van der Waals surface area contributed by atoms with Gasteiger partial charge in [-0.3, -0.25) is 4.79 Å². The second-order valence-corrected chi connectivity index (χ2v) is 6.23. The van der Waals surface area contributed by atoms with Crippen molar-refractivity contribution < 1.29 is 18.3 Å². The predicted molar refractivity (Wildman–Crippen MR) is 83.2 cm³/mol. The van der Waals surface area contributed by atoms with E-state index in [-0.39, 0.29) is 17.2 Å². The largest absolute Gasteiger partial charge is 0.477 e. The Hall–Kier alpha value is -2.15. The molecule has 0 atom stereocenters. The molecule has 3 heterocycles. The summed E-state index contributed by atoms with van der Waals surface area (Å²) in [5.41, 5.74) is 0.676. The van der Waals surface area contributed by atoms with Gasteiger partial charge in [-0.1, -0.05) is 11.6 Å². The quantitative estimate of drug-likeness (QED) is 0.779. The van der Waals surface area contributed by atoms with Crippen molar-refractivity contribution in [1.29, 1.82) is 0 Å². The van der Waals surface area contributed by atoms with Crippen molar-refractivity contribution in [2.75, 3.05) is 19.7 Å². The molecule has 1 saturated heterocycles. The van der Waals surface area contributed by atoms with Gasteiger partial charge in [0.2, 0.25) is 5.88 Å². The lowest BCUT2D eigenvalue weighted by molar-refractivity contribution is 0.0645. The zero-order chi connectivity index (χ0) is 16.8. The van der Waals surface area contributed by atoms with E-state index in [2.05, 4.69) is 5.10 Å². The standard InChI is InChI=1S/C16H14ClF2N3O2/c17-13-10(18)7-9(8-11(13)19)12-14(15(23)21-3-1-4-21)20-22-5-2-6-24-16(12)22/h7-8H,1-6H2. The molecular weight excluding hydrogens is 340 g/mol. The van der Waals surface area contributed by atoms with E-state index in [1.165, 1.54) is 0 Å². The summed E-state index contributed by atoms with van der Waals surface area (Å²) in [4.78, 5) is 14.3. The van der Waals surface area contributed by atoms with Crippen molar-refractivity contribution in [3.8, 4) is 17.0 Å². The summed E-state index contributed by atoms with van der Waals surface area (Å²) in [6.45, 7) is 2.37. The first-order chi connectivity index (χ1) is 11.6. The maximum atomic E-state index is 13.9. The highest BCUT2D eigenvalue weighted by atomic mass is 35.5. The number of rotatable bonds is 2. The highest BCUT2D eigenvalue weighted by Crippen LogP contribution is 2.38. The number of likely N-dealkylation sites (tertiary alicyclic amines) is 1. The van der Waals surface area contributed by atoms with E-state index < -0.39 is 16.7 Å². The number of fused-ring (bicyclic) bond motifs is 1. The number of aromatic nitrogens is 2. The molecule has 8 heteroatoms. The summed E-state index contributed by atoms with van der Waals surface area (Å²) in [6.07, 6.45) is 1.70. The number of hydrogen-bond donors (Lipinski definition) is 0. The first-order valence-corrected chi connectivity index (χ1v) is 8.12. The molecule has 0 radical (unpaired) electrons. The van der Waals surface area contributed by atoms with E-state index in [4.69, 9.17) is 16.3 Å². The molecule has 1 amide bonds. The third kappa shape index (κ3) is 2.34. The van der Waals surface area contributed by atoms with Gasteiger partial charge in [0.15, 0.2) is 5.69 Å². The van der Waals surface area contributed by atoms with Crippen molar-refractivity contribution in [2.24, 2.45) is 0 Å². The summed E-state index contributed by atoms with van der Waals surface area (Å²) >= 11 is 5.56. The van der Waals surface area contributed by atoms with Crippen LogP contribution in [0, 0.1) is 11.6 Å². The molecular formula is C16H14ClF2N3O2. The molecule has 2 aromatic rings. The van der Waals surface area contributed by atoms with Crippen molar-refractivity contribution in [3.05, 3.63) is 34.5 Å². The topological polar surface area (TPSA) is 47.4 Å². The first kappa shape index (κ1) is 15.4. The minimum absolute atomic E-state index is 0.160. The third-order valence-electron chi connectivity index (χ3n) is 4.28. The van der Waals surface area contributed by atoms with Crippen molar-refractivity contribution in [2.45, 2.75) is 19.4 Å². The van der Waals surface area contributed by atoms with Gasteiger partial charge in [0.05, 0.1) is 12.2 Å². The highest BCUT2D eigenvalue weighted by Gasteiger charge is 2.32. The Bertz CT molecular complexity index is 810. The second kappa shape index (κ2) is 5.73. The number of benzene rings is 1. The van der Waals surface area contributed by atoms with E-state index in [0.29, 0.717) is 37.7 Å². The highest BCUT2D eigenvalue weighted by molar-refractivity contribution is 6.31. The number of amides is 1. The summed E-state index contributed by atoms with van der Waals surface area (Å²) in [6, 6.07) is 2.21. The molecule has 1 aromatic heterocycles. The smallest absolute Gasteiger partial charge is 0.275 e.